The maximum Gasteiger partial charge on any atom is 0.264 e. The van der Waals surface area contributed by atoms with Crippen molar-refractivity contribution in [3.05, 3.63) is 42.0 Å². The Kier molecular flexibility index (Phi) is 2.75. The number of carbonyl (C=O) groups is 3. The van der Waals surface area contributed by atoms with Crippen LogP contribution in [0.25, 0.3) is 0 Å². The second kappa shape index (κ2) is 4.44. The highest BCUT2D eigenvalue weighted by Gasteiger charge is 2.82. The van der Waals surface area contributed by atoms with Crippen LogP contribution in [0.15, 0.2) is 30.9 Å². The maximum atomic E-state index is 14.0. The van der Waals surface area contributed by atoms with Crippen LogP contribution in [0.5, 0.6) is 0 Å². The molecule has 1 saturated heterocycles. The monoisotopic (exact) mass is 376 g/mol. The van der Waals surface area contributed by atoms with Crippen LogP contribution in [0.1, 0.15) is 31.9 Å². The molecule has 6 heteroatoms. The minimum Gasteiger partial charge on any atom is -0.348 e. The van der Waals surface area contributed by atoms with Gasteiger partial charge in [0, 0.05) is 18.0 Å². The van der Waals surface area contributed by atoms with E-state index in [2.05, 4.69) is 12.6 Å². The fourth-order valence-corrected chi connectivity index (χ4v) is 6.21. The van der Waals surface area contributed by atoms with Crippen LogP contribution in [-0.2, 0) is 30.1 Å². The Bertz CT molecular complexity index is 1080. The van der Waals surface area contributed by atoms with Crippen LogP contribution in [0, 0.1) is 28.1 Å². The topological polar surface area (TPSA) is 87.5 Å². The number of nitriles is 1. The van der Waals surface area contributed by atoms with Crippen LogP contribution in [-0.4, -0.2) is 30.6 Å². The van der Waals surface area contributed by atoms with Gasteiger partial charge >= 0.3 is 0 Å². The Morgan fingerprint density at radius 1 is 1.21 bits per heavy atom. The number of ether oxygens (including phenoxy) is 1. The third kappa shape index (κ3) is 1.24. The van der Waals surface area contributed by atoms with E-state index in [4.69, 9.17) is 4.74 Å². The van der Waals surface area contributed by atoms with E-state index in [9.17, 15) is 19.6 Å². The molecule has 5 atom stereocenters. The van der Waals surface area contributed by atoms with Gasteiger partial charge in [-0.05, 0) is 18.6 Å². The molecule has 2 aliphatic heterocycles. The second-order valence-electron chi connectivity index (χ2n) is 8.98. The third-order valence-electron chi connectivity index (χ3n) is 7.83. The van der Waals surface area contributed by atoms with Crippen molar-refractivity contribution in [2.24, 2.45) is 16.7 Å². The van der Waals surface area contributed by atoms with E-state index in [-0.39, 0.29) is 17.5 Å². The molecule has 0 unspecified atom stereocenters. The van der Waals surface area contributed by atoms with Crippen molar-refractivity contribution in [1.29, 1.82) is 5.26 Å². The molecule has 0 aromatic heterocycles. The molecule has 4 aliphatic rings. The van der Waals surface area contributed by atoms with Gasteiger partial charge in [-0.15, -0.1) is 6.58 Å². The van der Waals surface area contributed by atoms with Crippen molar-refractivity contribution in [2.75, 3.05) is 11.9 Å². The van der Waals surface area contributed by atoms with Crippen molar-refractivity contribution in [3.63, 3.8) is 0 Å². The average molecular weight is 376 g/mol. The van der Waals surface area contributed by atoms with E-state index in [0.717, 1.165) is 0 Å². The van der Waals surface area contributed by atoms with Gasteiger partial charge in [-0.1, -0.05) is 32.1 Å². The van der Waals surface area contributed by atoms with E-state index in [1.807, 2.05) is 0 Å². The molecule has 1 spiro atoms. The number of Topliss-reactive ketones (excluding diaryl/α,β-unsaturated/α-hetero) is 2. The lowest BCUT2D eigenvalue weighted by molar-refractivity contribution is -0.165. The van der Waals surface area contributed by atoms with E-state index in [1.165, 1.54) is 11.0 Å². The molecular weight excluding hydrogens is 356 g/mol. The SMILES string of the molecule is C=C[C@]1(C)C(=O)[C@@H]2O[C@]34C(=O)N(C)c5cccc(c53)[C@]1(C#N)C(=O)[C@@H]2C4(C)C. The maximum absolute atomic E-state index is 14.0. The Balaban J connectivity index is 2.08. The van der Waals surface area contributed by atoms with Gasteiger partial charge in [0.1, 0.15) is 6.10 Å². The highest BCUT2D eigenvalue weighted by molar-refractivity contribution is 6.18. The number of nitrogens with zero attached hydrogens (tertiary/aromatic N) is 2. The first-order chi connectivity index (χ1) is 13.1. The number of amides is 1. The number of anilines is 1. The minimum atomic E-state index is -1.74. The number of ketones is 2. The summed E-state index contributed by atoms with van der Waals surface area (Å²) in [7, 11) is 1.66. The van der Waals surface area contributed by atoms with Crippen LogP contribution >= 0.6 is 0 Å². The number of fused-ring (bicyclic) bond motifs is 2. The Hall–Kier alpha value is -2.78. The number of rotatable bonds is 1. The average Bonchev–Trinajstić information content (AvgIpc) is 3.03. The zero-order valence-corrected chi connectivity index (χ0v) is 16.2. The minimum absolute atomic E-state index is 0.302. The van der Waals surface area contributed by atoms with Crippen molar-refractivity contribution >= 4 is 23.2 Å². The van der Waals surface area contributed by atoms with Crippen LogP contribution in [0.2, 0.25) is 0 Å². The lowest BCUT2D eigenvalue weighted by Gasteiger charge is -2.48. The molecule has 142 valence electrons. The normalized spacial score (nSPS) is 41.7. The number of benzene rings is 1. The van der Waals surface area contributed by atoms with Gasteiger partial charge < -0.3 is 9.64 Å². The Morgan fingerprint density at radius 3 is 2.50 bits per heavy atom. The Morgan fingerprint density at radius 2 is 1.89 bits per heavy atom. The molecule has 5 rings (SSSR count). The highest BCUT2D eigenvalue weighted by atomic mass is 16.5. The number of allylic oxidation sites excluding steroid dienone is 1. The third-order valence-corrected chi connectivity index (χ3v) is 7.83. The predicted molar refractivity (Wildman–Crippen MR) is 99.3 cm³/mol. The number of hydrogen-bond acceptors (Lipinski definition) is 5. The molecule has 2 heterocycles. The molecule has 0 N–H and O–H groups in total. The number of carbonyl (C=O) groups excluding carboxylic acids is 3. The first kappa shape index (κ1) is 17.3. The first-order valence-electron chi connectivity index (χ1n) is 9.31. The van der Waals surface area contributed by atoms with Gasteiger partial charge in [0.05, 0.1) is 23.1 Å². The van der Waals surface area contributed by atoms with E-state index >= 15 is 0 Å². The zero-order chi connectivity index (χ0) is 20.4. The predicted octanol–water partition coefficient (Wildman–Crippen LogP) is 2.02. The number of hydrogen-bond donors (Lipinski definition) is 0. The molecular formula is C22H20N2O4. The van der Waals surface area contributed by atoms with Gasteiger partial charge in [0.15, 0.2) is 22.6 Å². The van der Waals surface area contributed by atoms with Crippen molar-refractivity contribution in [3.8, 4) is 6.07 Å². The van der Waals surface area contributed by atoms with Crippen molar-refractivity contribution < 1.29 is 19.1 Å². The lowest BCUT2D eigenvalue weighted by Crippen LogP contribution is -2.64. The van der Waals surface area contributed by atoms with E-state index in [0.29, 0.717) is 16.8 Å². The summed E-state index contributed by atoms with van der Waals surface area (Å²) in [6.45, 7) is 8.98. The molecule has 2 fully saturated rings. The van der Waals surface area contributed by atoms with Gasteiger partial charge in [0.2, 0.25) is 0 Å². The molecule has 1 saturated carbocycles. The van der Waals surface area contributed by atoms with Crippen molar-refractivity contribution in [2.45, 2.75) is 37.9 Å². The van der Waals surface area contributed by atoms with Gasteiger partial charge in [-0.3, -0.25) is 14.4 Å². The summed E-state index contributed by atoms with van der Waals surface area (Å²) in [5.41, 5.74) is -4.09. The molecule has 1 aromatic carbocycles. The lowest BCUT2D eigenvalue weighted by atomic mass is 9.49. The molecule has 2 aliphatic carbocycles. The molecule has 1 aromatic rings. The van der Waals surface area contributed by atoms with Gasteiger partial charge in [-0.2, -0.15) is 5.26 Å². The first-order valence-corrected chi connectivity index (χ1v) is 9.31. The van der Waals surface area contributed by atoms with Gasteiger partial charge in [0.25, 0.3) is 5.91 Å². The fraction of sp³-hybridized carbons (Fsp3) is 0.455. The number of likely N-dealkylation sites (N-methyl/N-ethyl adjacent to an activating group) is 1. The summed E-state index contributed by atoms with van der Waals surface area (Å²) in [5.74, 6) is -1.91. The summed E-state index contributed by atoms with van der Waals surface area (Å²) in [4.78, 5) is 42.6. The van der Waals surface area contributed by atoms with Gasteiger partial charge in [-0.25, -0.2) is 0 Å². The second-order valence-corrected chi connectivity index (χ2v) is 8.98. The standard InChI is InChI=1S/C22H20N2O4/c1-6-20(4)17(26)15-14-16(25)21(20,10-23)11-8-7-9-12-13(11)22(28-15,19(14,2)3)18(27)24(12)5/h6-9,14-15H,1H2,2-5H3/t14-,15-,20-,21-,22+/m1/s1. The quantitative estimate of drug-likeness (QED) is 0.700. The zero-order valence-electron chi connectivity index (χ0n) is 16.2. The van der Waals surface area contributed by atoms with Crippen LogP contribution in [0.4, 0.5) is 5.69 Å². The molecule has 28 heavy (non-hydrogen) atoms. The van der Waals surface area contributed by atoms with Crippen LogP contribution < -0.4 is 4.90 Å². The van der Waals surface area contributed by atoms with Crippen LogP contribution in [0.3, 0.4) is 0 Å². The van der Waals surface area contributed by atoms with E-state index in [1.54, 1.807) is 46.0 Å². The molecule has 0 radical (unpaired) electrons. The largest absolute Gasteiger partial charge is 0.348 e. The van der Waals surface area contributed by atoms with E-state index < -0.39 is 33.9 Å². The summed E-state index contributed by atoms with van der Waals surface area (Å²) in [6, 6.07) is 7.41. The van der Waals surface area contributed by atoms with Crippen molar-refractivity contribution in [1.82, 2.24) is 0 Å². The summed E-state index contributed by atoms with van der Waals surface area (Å²) in [6.07, 6.45) is 0.317. The summed E-state index contributed by atoms with van der Waals surface area (Å²) >= 11 is 0. The molecule has 1 amide bonds. The Labute approximate surface area is 162 Å². The highest BCUT2D eigenvalue weighted by Crippen LogP contribution is 2.71. The molecule has 3 bridgehead atoms. The smallest absolute Gasteiger partial charge is 0.264 e. The molecule has 6 nitrogen and oxygen atoms in total. The fourth-order valence-electron chi connectivity index (χ4n) is 6.21. The summed E-state index contributed by atoms with van der Waals surface area (Å²) < 4.78 is 6.32. The summed E-state index contributed by atoms with van der Waals surface area (Å²) in [5, 5.41) is 10.4.